The summed E-state index contributed by atoms with van der Waals surface area (Å²) in [6, 6.07) is 20.4. The summed E-state index contributed by atoms with van der Waals surface area (Å²) in [6.45, 7) is -0.455. The molecular weight excluding hydrogens is 473 g/mol. The Hall–Kier alpha value is -3.07. The van der Waals surface area contributed by atoms with Crippen molar-refractivity contribution >= 4 is 51.0 Å². The maximum absolute atomic E-state index is 12.3. The molecule has 0 aromatic heterocycles. The molecule has 0 aliphatic carbocycles. The highest BCUT2D eigenvalue weighted by Crippen LogP contribution is 2.25. The summed E-state index contributed by atoms with van der Waals surface area (Å²) in [5, 5.41) is 4.67. The SMILES string of the molecule is CS(=O)(=O)N(CC(=O)N/N=C/c1ccc(Cl)cc1Cl)c1ccc(Oc2ccccc2)cc1. The number of nitrogens with one attached hydrogen (secondary N) is 1. The van der Waals surface area contributed by atoms with E-state index in [0.717, 1.165) is 10.6 Å². The van der Waals surface area contributed by atoms with Crippen LogP contribution in [0.25, 0.3) is 0 Å². The second kappa shape index (κ2) is 10.5. The second-order valence-corrected chi connectivity index (χ2v) is 9.39. The van der Waals surface area contributed by atoms with Crippen molar-refractivity contribution < 1.29 is 17.9 Å². The second-order valence-electron chi connectivity index (χ2n) is 6.64. The van der Waals surface area contributed by atoms with E-state index >= 15 is 0 Å². The molecule has 0 fully saturated rings. The topological polar surface area (TPSA) is 88.1 Å². The van der Waals surface area contributed by atoms with Crippen LogP contribution in [0.1, 0.15) is 5.56 Å². The van der Waals surface area contributed by atoms with Crippen molar-refractivity contribution in [3.8, 4) is 11.5 Å². The minimum absolute atomic E-state index is 0.313. The van der Waals surface area contributed by atoms with Gasteiger partial charge in [0.25, 0.3) is 5.91 Å². The molecule has 3 aromatic rings. The number of nitrogens with zero attached hydrogens (tertiary/aromatic N) is 2. The Bertz CT molecular complexity index is 1220. The van der Waals surface area contributed by atoms with E-state index in [9.17, 15) is 13.2 Å². The van der Waals surface area contributed by atoms with Crippen LogP contribution in [0.5, 0.6) is 11.5 Å². The fraction of sp³-hybridized carbons (Fsp3) is 0.0909. The molecule has 32 heavy (non-hydrogen) atoms. The van der Waals surface area contributed by atoms with Crippen molar-refractivity contribution in [2.75, 3.05) is 17.1 Å². The van der Waals surface area contributed by atoms with Gasteiger partial charge in [0.1, 0.15) is 18.0 Å². The number of para-hydroxylation sites is 1. The first-order valence-electron chi connectivity index (χ1n) is 9.30. The normalized spacial score (nSPS) is 11.3. The molecule has 0 aliphatic rings. The Balaban J connectivity index is 1.67. The number of hydrogen-bond donors (Lipinski definition) is 1. The molecule has 0 bridgehead atoms. The lowest BCUT2D eigenvalue weighted by Gasteiger charge is -2.21. The lowest BCUT2D eigenvalue weighted by molar-refractivity contribution is -0.119. The molecule has 0 unspecified atom stereocenters. The van der Waals surface area contributed by atoms with Crippen LogP contribution in [0.4, 0.5) is 5.69 Å². The quantitative estimate of drug-likeness (QED) is 0.365. The average Bonchev–Trinajstić information content (AvgIpc) is 2.74. The lowest BCUT2D eigenvalue weighted by atomic mass is 10.2. The van der Waals surface area contributed by atoms with Crippen molar-refractivity contribution in [1.82, 2.24) is 5.43 Å². The average molecular weight is 492 g/mol. The molecule has 0 aliphatic heterocycles. The number of ether oxygens (including phenoxy) is 1. The summed E-state index contributed by atoms with van der Waals surface area (Å²) in [7, 11) is -3.73. The number of sulfonamides is 1. The van der Waals surface area contributed by atoms with Crippen molar-refractivity contribution in [3.63, 3.8) is 0 Å². The molecule has 0 spiro atoms. The van der Waals surface area contributed by atoms with Crippen molar-refractivity contribution in [3.05, 3.63) is 88.4 Å². The summed E-state index contributed by atoms with van der Waals surface area (Å²) in [5.41, 5.74) is 3.16. The zero-order valence-corrected chi connectivity index (χ0v) is 19.2. The standard InChI is InChI=1S/C22H19Cl2N3O4S/c1-32(29,30)27(15-22(28)26-25-14-16-7-8-17(23)13-21(16)24)18-9-11-20(12-10-18)31-19-5-3-2-4-6-19/h2-14H,15H2,1H3,(H,26,28)/b25-14+. The maximum atomic E-state index is 12.3. The number of hydrazone groups is 1. The Labute approximate surface area is 196 Å². The fourth-order valence-electron chi connectivity index (χ4n) is 2.65. The van der Waals surface area contributed by atoms with Crippen molar-refractivity contribution in [2.24, 2.45) is 5.10 Å². The Morgan fingerprint density at radius 2 is 1.69 bits per heavy atom. The third-order valence-electron chi connectivity index (χ3n) is 4.15. The summed E-state index contributed by atoms with van der Waals surface area (Å²) in [5.74, 6) is 0.557. The monoisotopic (exact) mass is 491 g/mol. The van der Waals surface area contributed by atoms with Gasteiger partial charge in [-0.25, -0.2) is 13.8 Å². The largest absolute Gasteiger partial charge is 0.457 e. The number of carbonyl (C=O) groups is 1. The van der Waals surface area contributed by atoms with Gasteiger partial charge in [-0.2, -0.15) is 5.10 Å². The van der Waals surface area contributed by atoms with Crippen LogP contribution in [0.2, 0.25) is 10.0 Å². The maximum Gasteiger partial charge on any atom is 0.260 e. The first-order chi connectivity index (χ1) is 15.2. The van der Waals surface area contributed by atoms with Crippen molar-refractivity contribution in [1.29, 1.82) is 0 Å². The summed E-state index contributed by atoms with van der Waals surface area (Å²) < 4.78 is 31.2. The molecule has 0 heterocycles. The predicted molar refractivity (Wildman–Crippen MR) is 127 cm³/mol. The van der Waals surface area contributed by atoms with Gasteiger partial charge < -0.3 is 4.74 Å². The Morgan fingerprint density at radius 1 is 1.03 bits per heavy atom. The van der Waals surface area contributed by atoms with Gasteiger partial charge in [0.15, 0.2) is 0 Å². The molecule has 1 N–H and O–H groups in total. The lowest BCUT2D eigenvalue weighted by Crippen LogP contribution is -2.39. The van der Waals surface area contributed by atoms with Gasteiger partial charge in [-0.1, -0.05) is 47.5 Å². The zero-order chi connectivity index (χ0) is 23.1. The highest BCUT2D eigenvalue weighted by atomic mass is 35.5. The van der Waals surface area contributed by atoms with Gasteiger partial charge in [0.2, 0.25) is 10.0 Å². The number of benzene rings is 3. The van der Waals surface area contributed by atoms with Gasteiger partial charge in [0.05, 0.1) is 23.2 Å². The van der Waals surface area contributed by atoms with Gasteiger partial charge in [-0.15, -0.1) is 0 Å². The van der Waals surface area contributed by atoms with E-state index in [2.05, 4.69) is 10.5 Å². The third-order valence-corrected chi connectivity index (χ3v) is 5.85. The number of rotatable bonds is 8. The Kier molecular flexibility index (Phi) is 7.74. The fourth-order valence-corrected chi connectivity index (χ4v) is 3.96. The Morgan fingerprint density at radius 3 is 2.31 bits per heavy atom. The summed E-state index contributed by atoms with van der Waals surface area (Å²) >= 11 is 11.9. The predicted octanol–water partition coefficient (Wildman–Crippen LogP) is 4.70. The van der Waals surface area contributed by atoms with Crippen LogP contribution < -0.4 is 14.5 Å². The minimum atomic E-state index is -3.73. The number of amides is 1. The molecule has 0 atom stereocenters. The minimum Gasteiger partial charge on any atom is -0.457 e. The van der Waals surface area contributed by atoms with Crippen LogP contribution in [0.15, 0.2) is 77.9 Å². The first-order valence-corrected chi connectivity index (χ1v) is 11.9. The van der Waals surface area contributed by atoms with E-state index in [-0.39, 0.29) is 0 Å². The van der Waals surface area contributed by atoms with Crippen LogP contribution in [-0.4, -0.2) is 33.3 Å². The molecule has 1 amide bonds. The molecule has 0 saturated heterocycles. The van der Waals surface area contributed by atoms with Crippen molar-refractivity contribution in [2.45, 2.75) is 0 Å². The van der Waals surface area contributed by atoms with Gasteiger partial charge in [0, 0.05) is 10.6 Å². The van der Waals surface area contributed by atoms with E-state index in [1.165, 1.54) is 6.21 Å². The molecule has 7 nitrogen and oxygen atoms in total. The van der Waals surface area contributed by atoms with Crippen LogP contribution in [0, 0.1) is 0 Å². The first kappa shape index (κ1) is 23.6. The molecule has 0 radical (unpaired) electrons. The molecule has 10 heteroatoms. The van der Waals surface area contributed by atoms with E-state index in [4.69, 9.17) is 27.9 Å². The number of hydrogen-bond acceptors (Lipinski definition) is 5. The zero-order valence-electron chi connectivity index (χ0n) is 16.9. The van der Waals surface area contributed by atoms with Gasteiger partial charge in [-0.3, -0.25) is 9.10 Å². The highest BCUT2D eigenvalue weighted by molar-refractivity contribution is 7.92. The molecular formula is C22H19Cl2N3O4S. The van der Waals surface area contributed by atoms with Gasteiger partial charge >= 0.3 is 0 Å². The van der Waals surface area contributed by atoms with Gasteiger partial charge in [-0.05, 0) is 48.5 Å². The van der Waals surface area contributed by atoms with E-state index in [1.807, 2.05) is 18.2 Å². The van der Waals surface area contributed by atoms with Crippen LogP contribution in [0.3, 0.4) is 0 Å². The molecule has 3 aromatic carbocycles. The smallest absolute Gasteiger partial charge is 0.260 e. The van der Waals surface area contributed by atoms with E-state index < -0.39 is 22.5 Å². The van der Waals surface area contributed by atoms with E-state index in [1.54, 1.807) is 54.6 Å². The van der Waals surface area contributed by atoms with Crippen LogP contribution >= 0.6 is 23.2 Å². The summed E-state index contributed by atoms with van der Waals surface area (Å²) in [4.78, 5) is 12.3. The highest BCUT2D eigenvalue weighted by Gasteiger charge is 2.20. The number of carbonyl (C=O) groups excluding carboxylic acids is 1. The molecule has 0 saturated carbocycles. The third kappa shape index (κ3) is 6.71. The van der Waals surface area contributed by atoms with Crippen LogP contribution in [-0.2, 0) is 14.8 Å². The molecule has 166 valence electrons. The number of anilines is 1. The molecule has 3 rings (SSSR count). The van der Waals surface area contributed by atoms with E-state index in [0.29, 0.717) is 32.8 Å². The summed E-state index contributed by atoms with van der Waals surface area (Å²) in [6.07, 6.45) is 2.36. The number of halogens is 2.